The lowest BCUT2D eigenvalue weighted by molar-refractivity contribution is -0.324. The molecule has 256 valence electrons. The summed E-state index contributed by atoms with van der Waals surface area (Å²) in [5, 5.41) is 83.9. The molecule has 3 amide bonds. The second-order valence-corrected chi connectivity index (χ2v) is 11.4. The highest BCUT2D eigenvalue weighted by Gasteiger charge is 2.60. The molecular weight excluding hydrogens is 608 g/mol. The molecule has 3 fully saturated rings. The topological polar surface area (TPSA) is 306 Å². The van der Waals surface area contributed by atoms with Crippen molar-refractivity contribution < 1.29 is 69.1 Å². The van der Waals surface area contributed by atoms with Gasteiger partial charge in [0.05, 0.1) is 37.4 Å². The Bertz CT molecular complexity index is 1130. The first kappa shape index (κ1) is 36.7. The number of carbonyl (C=O) groups excluding carboxylic acids is 3. The van der Waals surface area contributed by atoms with Crippen LogP contribution in [0.5, 0.6) is 0 Å². The molecule has 2 aliphatic heterocycles. The number of aliphatic hydroxyl groups excluding tert-OH is 6. The van der Waals surface area contributed by atoms with E-state index < -0.39 is 122 Å². The number of nitrogens with one attached hydrogen (secondary N) is 2. The molecule has 2 saturated heterocycles. The Morgan fingerprint density at radius 1 is 0.911 bits per heavy atom. The number of nitrogens with zero attached hydrogens (tertiary/aromatic N) is 4. The van der Waals surface area contributed by atoms with E-state index in [1.165, 1.54) is 14.0 Å². The zero-order chi connectivity index (χ0) is 34.0. The number of rotatable bonds is 10. The minimum Gasteiger partial charge on any atom is -0.394 e. The lowest BCUT2D eigenvalue weighted by Gasteiger charge is -2.48. The third kappa shape index (κ3) is 7.48. The molecule has 3 aliphatic rings. The van der Waals surface area contributed by atoms with Crippen LogP contribution in [0.15, 0.2) is 5.11 Å². The molecule has 9 N–H and O–H groups in total. The predicted molar refractivity (Wildman–Crippen MR) is 146 cm³/mol. The third-order valence-corrected chi connectivity index (χ3v) is 8.42. The summed E-state index contributed by atoms with van der Waals surface area (Å²) in [5.41, 5.74) is 6.77. The van der Waals surface area contributed by atoms with Crippen LogP contribution in [0.2, 0.25) is 0 Å². The van der Waals surface area contributed by atoms with Crippen LogP contribution in [0.1, 0.15) is 27.7 Å². The fourth-order valence-corrected chi connectivity index (χ4v) is 5.82. The Morgan fingerprint density at radius 2 is 1.51 bits per heavy atom. The Morgan fingerprint density at radius 3 is 2.04 bits per heavy atom. The van der Waals surface area contributed by atoms with Crippen LogP contribution >= 0.6 is 0 Å². The minimum atomic E-state index is -2.21. The zero-order valence-corrected chi connectivity index (χ0v) is 25.3. The number of hydrogen-bond acceptors (Lipinski definition) is 15. The smallest absolute Gasteiger partial charge is 0.219 e. The molecule has 45 heavy (non-hydrogen) atoms. The highest BCUT2D eigenvalue weighted by molar-refractivity contribution is 5.74. The number of hydrogen-bond donors (Lipinski definition) is 9. The summed E-state index contributed by atoms with van der Waals surface area (Å²) in [4.78, 5) is 39.7. The van der Waals surface area contributed by atoms with Crippen LogP contribution in [0.4, 0.5) is 0 Å². The standard InChI is InChI=1S/C25H42N6O14/c1-8-25(41,7-27-30-26)22(45-23-15(31(5)11(4)35)19(39)16(36)12(6-32)43-23)24(42-8)44-21-14(29-10(3)34)17(37)13(28-9(2)33)18(38)20(21)40/h8,12-24,32,36-41H,6-7H2,1-5H3,(H,28,33)(H,29,34)/t8?,12?,13?,14?,15?,16?,17?,18?,19?,20?,21?,22-,23?,24?,25?/m1/s1. The van der Waals surface area contributed by atoms with Crippen molar-refractivity contribution in [1.82, 2.24) is 15.5 Å². The molecule has 2 heterocycles. The van der Waals surface area contributed by atoms with E-state index in [9.17, 15) is 50.1 Å². The average molecular weight is 651 g/mol. The second-order valence-electron chi connectivity index (χ2n) is 11.4. The van der Waals surface area contributed by atoms with Gasteiger partial charge in [-0.1, -0.05) is 5.11 Å². The van der Waals surface area contributed by atoms with Crippen LogP contribution in [-0.4, -0.2) is 170 Å². The molecule has 0 aromatic carbocycles. The molecule has 1 saturated carbocycles. The average Bonchev–Trinajstić information content (AvgIpc) is 3.20. The lowest BCUT2D eigenvalue weighted by Crippen LogP contribution is -2.72. The van der Waals surface area contributed by atoms with Gasteiger partial charge in [-0.05, 0) is 12.5 Å². The first-order valence-electron chi connectivity index (χ1n) is 14.1. The number of ether oxygens (including phenoxy) is 4. The molecule has 20 nitrogen and oxygen atoms in total. The molecule has 15 atom stereocenters. The first-order valence-corrected chi connectivity index (χ1v) is 14.1. The molecule has 3 rings (SSSR count). The van der Waals surface area contributed by atoms with E-state index in [1.54, 1.807) is 0 Å². The first-order chi connectivity index (χ1) is 21.0. The number of azide groups is 1. The van der Waals surface area contributed by atoms with Gasteiger partial charge < -0.3 is 70.2 Å². The van der Waals surface area contributed by atoms with Gasteiger partial charge in [0.25, 0.3) is 0 Å². The minimum absolute atomic E-state index is 0.584. The van der Waals surface area contributed by atoms with Crippen molar-refractivity contribution in [2.45, 2.75) is 119 Å². The highest BCUT2D eigenvalue weighted by Crippen LogP contribution is 2.39. The van der Waals surface area contributed by atoms with Crippen molar-refractivity contribution in [3.63, 3.8) is 0 Å². The van der Waals surface area contributed by atoms with Gasteiger partial charge in [0, 0.05) is 32.7 Å². The summed E-state index contributed by atoms with van der Waals surface area (Å²) in [6.45, 7) is 3.28. The third-order valence-electron chi connectivity index (χ3n) is 8.42. The van der Waals surface area contributed by atoms with Gasteiger partial charge in [-0.25, -0.2) is 0 Å². The molecular formula is C25H42N6O14. The van der Waals surface area contributed by atoms with Crippen molar-refractivity contribution in [3.8, 4) is 0 Å². The Balaban J connectivity index is 2.04. The maximum absolute atomic E-state index is 12.3. The summed E-state index contributed by atoms with van der Waals surface area (Å²) < 4.78 is 23.5. The normalized spacial score (nSPS) is 43.2. The monoisotopic (exact) mass is 650 g/mol. The molecule has 0 radical (unpaired) electrons. The van der Waals surface area contributed by atoms with Crippen LogP contribution in [0, 0.1) is 0 Å². The van der Waals surface area contributed by atoms with Crippen molar-refractivity contribution in [3.05, 3.63) is 10.4 Å². The van der Waals surface area contributed by atoms with Gasteiger partial charge in [0.1, 0.15) is 54.4 Å². The molecule has 0 bridgehead atoms. The number of likely N-dealkylation sites (N-methyl/N-ethyl adjacent to an activating group) is 1. The molecule has 0 aromatic rings. The van der Waals surface area contributed by atoms with Gasteiger partial charge in [-0.15, -0.1) is 0 Å². The van der Waals surface area contributed by atoms with E-state index in [-0.39, 0.29) is 0 Å². The fraction of sp³-hybridized carbons (Fsp3) is 0.880. The van der Waals surface area contributed by atoms with Crippen molar-refractivity contribution in [1.29, 1.82) is 0 Å². The SMILES string of the molecule is CC(=O)NC1C(O)C(O)C(OC2OC(C)C(O)(CN=[N+]=[N-])[C@@H]2OC2OC(CO)C(O)C(O)C2N(C)C(C)=O)C(NC(C)=O)C1O. The Kier molecular flexibility index (Phi) is 12.1. The van der Waals surface area contributed by atoms with Gasteiger partial charge in [-0.3, -0.25) is 14.4 Å². The maximum atomic E-state index is 12.3. The molecule has 1 aliphatic carbocycles. The second kappa shape index (κ2) is 14.8. The number of amides is 3. The molecule has 0 aromatic heterocycles. The van der Waals surface area contributed by atoms with Crippen LogP contribution in [-0.2, 0) is 33.3 Å². The van der Waals surface area contributed by atoms with E-state index in [4.69, 9.17) is 24.5 Å². The zero-order valence-electron chi connectivity index (χ0n) is 25.3. The van der Waals surface area contributed by atoms with Crippen LogP contribution < -0.4 is 10.6 Å². The molecule has 0 spiro atoms. The Hall–Kier alpha value is -2.72. The van der Waals surface area contributed by atoms with E-state index >= 15 is 0 Å². The van der Waals surface area contributed by atoms with Crippen molar-refractivity contribution in [2.75, 3.05) is 20.2 Å². The summed E-state index contributed by atoms with van der Waals surface area (Å²) in [6.07, 6.45) is -18.3. The predicted octanol–water partition coefficient (Wildman–Crippen LogP) is -5.07. The van der Waals surface area contributed by atoms with Gasteiger partial charge >= 0.3 is 0 Å². The molecule has 14 unspecified atom stereocenters. The number of aliphatic hydroxyl groups is 7. The van der Waals surface area contributed by atoms with E-state index in [0.29, 0.717) is 0 Å². The van der Waals surface area contributed by atoms with Crippen molar-refractivity contribution in [2.24, 2.45) is 5.11 Å². The summed E-state index contributed by atoms with van der Waals surface area (Å²) in [6, 6.07) is -4.33. The van der Waals surface area contributed by atoms with Gasteiger partial charge in [0.2, 0.25) is 17.7 Å². The number of carbonyl (C=O) groups is 3. The quantitative estimate of drug-likeness (QED) is 0.0607. The summed E-state index contributed by atoms with van der Waals surface area (Å²) in [5.74, 6) is -1.92. The summed E-state index contributed by atoms with van der Waals surface area (Å²) in [7, 11) is 1.28. The van der Waals surface area contributed by atoms with Crippen LogP contribution in [0.25, 0.3) is 10.4 Å². The fourth-order valence-electron chi connectivity index (χ4n) is 5.82. The van der Waals surface area contributed by atoms with Gasteiger partial charge in [0.15, 0.2) is 12.6 Å². The largest absolute Gasteiger partial charge is 0.394 e. The van der Waals surface area contributed by atoms with E-state index in [0.717, 1.165) is 25.7 Å². The lowest BCUT2D eigenvalue weighted by atomic mass is 9.81. The van der Waals surface area contributed by atoms with Gasteiger partial charge in [-0.2, -0.15) is 0 Å². The van der Waals surface area contributed by atoms with E-state index in [2.05, 4.69) is 20.7 Å². The molecule has 20 heteroatoms. The van der Waals surface area contributed by atoms with Crippen LogP contribution in [0.3, 0.4) is 0 Å². The Labute approximate surface area is 257 Å². The highest BCUT2D eigenvalue weighted by atomic mass is 16.8. The van der Waals surface area contributed by atoms with Crippen molar-refractivity contribution >= 4 is 17.7 Å². The van der Waals surface area contributed by atoms with E-state index in [1.807, 2.05) is 0 Å². The maximum Gasteiger partial charge on any atom is 0.219 e. The summed E-state index contributed by atoms with van der Waals surface area (Å²) >= 11 is 0.